The maximum atomic E-state index is 4.78. The Labute approximate surface area is 88.4 Å². The minimum Gasteiger partial charge on any atom is -0.305 e. The lowest BCUT2D eigenvalue weighted by molar-refractivity contribution is 0.0867. The van der Waals surface area contributed by atoms with Gasteiger partial charge in [0.2, 0.25) is 0 Å². The van der Waals surface area contributed by atoms with Crippen LogP contribution in [-0.2, 0) is 11.4 Å². The first-order valence-electron chi connectivity index (χ1n) is 4.75. The Morgan fingerprint density at radius 3 is 2.73 bits per heavy atom. The Bertz CT molecular complexity index is 394. The fourth-order valence-electron chi connectivity index (χ4n) is 1.34. The number of aromatic nitrogens is 2. The molecule has 4 nitrogen and oxygen atoms in total. The molecule has 2 aromatic rings. The van der Waals surface area contributed by atoms with Crippen molar-refractivity contribution in [3.8, 4) is 5.69 Å². The van der Waals surface area contributed by atoms with Crippen molar-refractivity contribution >= 4 is 0 Å². The zero-order valence-corrected chi connectivity index (χ0v) is 8.55. The number of nitrogens with one attached hydrogen (secondary N) is 1. The van der Waals surface area contributed by atoms with Crippen molar-refractivity contribution in [2.45, 2.75) is 6.54 Å². The molecule has 0 unspecified atom stereocenters. The van der Waals surface area contributed by atoms with E-state index in [1.165, 1.54) is 5.56 Å². The smallest absolute Gasteiger partial charge is 0.0645 e. The third-order valence-corrected chi connectivity index (χ3v) is 2.13. The molecule has 1 N–H and O–H groups in total. The van der Waals surface area contributed by atoms with E-state index in [4.69, 9.17) is 4.84 Å². The second-order valence-electron chi connectivity index (χ2n) is 3.14. The zero-order chi connectivity index (χ0) is 10.5. The summed E-state index contributed by atoms with van der Waals surface area (Å²) < 4.78 is 1.83. The van der Waals surface area contributed by atoms with E-state index in [1.54, 1.807) is 13.3 Å². The summed E-state index contributed by atoms with van der Waals surface area (Å²) in [7, 11) is 1.61. The second-order valence-corrected chi connectivity index (χ2v) is 3.14. The monoisotopic (exact) mass is 203 g/mol. The molecule has 1 heterocycles. The third-order valence-electron chi connectivity index (χ3n) is 2.13. The van der Waals surface area contributed by atoms with Crippen LogP contribution in [0.3, 0.4) is 0 Å². The van der Waals surface area contributed by atoms with E-state index in [1.807, 2.05) is 41.2 Å². The van der Waals surface area contributed by atoms with Crippen LogP contribution in [0, 0.1) is 0 Å². The molecule has 0 aliphatic rings. The topological polar surface area (TPSA) is 39.1 Å². The van der Waals surface area contributed by atoms with E-state index >= 15 is 0 Å². The number of hydroxylamine groups is 1. The van der Waals surface area contributed by atoms with Crippen molar-refractivity contribution in [1.82, 2.24) is 15.3 Å². The third kappa shape index (κ3) is 2.43. The van der Waals surface area contributed by atoms with Crippen LogP contribution in [-0.4, -0.2) is 16.9 Å². The van der Waals surface area contributed by atoms with Crippen molar-refractivity contribution in [3.05, 3.63) is 48.3 Å². The quantitative estimate of drug-likeness (QED) is 0.766. The Morgan fingerprint density at radius 2 is 2.13 bits per heavy atom. The normalized spacial score (nSPS) is 10.5. The Kier molecular flexibility index (Phi) is 3.11. The van der Waals surface area contributed by atoms with E-state index in [0.717, 1.165) is 5.69 Å². The molecule has 0 amide bonds. The van der Waals surface area contributed by atoms with Crippen molar-refractivity contribution in [2.24, 2.45) is 0 Å². The fourth-order valence-corrected chi connectivity index (χ4v) is 1.34. The standard InChI is InChI=1S/C11H13N3O/c1-15-13-9-10-3-5-11(6-4-10)14-8-2-7-12-14/h2-8,13H,9H2,1H3. The average Bonchev–Trinajstić information content (AvgIpc) is 2.80. The molecule has 0 spiro atoms. The summed E-state index contributed by atoms with van der Waals surface area (Å²) >= 11 is 0. The van der Waals surface area contributed by atoms with Gasteiger partial charge in [-0.25, -0.2) is 4.68 Å². The van der Waals surface area contributed by atoms with Crippen molar-refractivity contribution in [2.75, 3.05) is 7.11 Å². The summed E-state index contributed by atoms with van der Waals surface area (Å²) in [6, 6.07) is 10.0. The number of hydrogen-bond donors (Lipinski definition) is 1. The second kappa shape index (κ2) is 4.72. The summed E-state index contributed by atoms with van der Waals surface area (Å²) in [6.45, 7) is 0.704. The molecule has 0 bridgehead atoms. The lowest BCUT2D eigenvalue weighted by Crippen LogP contribution is -2.10. The molecule has 0 saturated heterocycles. The molecule has 0 saturated carbocycles. The van der Waals surface area contributed by atoms with Gasteiger partial charge in [-0.05, 0) is 23.8 Å². The largest absolute Gasteiger partial charge is 0.305 e. The van der Waals surface area contributed by atoms with E-state index < -0.39 is 0 Å². The van der Waals surface area contributed by atoms with E-state index in [0.29, 0.717) is 6.54 Å². The van der Waals surface area contributed by atoms with E-state index in [-0.39, 0.29) is 0 Å². The number of benzene rings is 1. The average molecular weight is 203 g/mol. The maximum absolute atomic E-state index is 4.78. The van der Waals surface area contributed by atoms with Crippen LogP contribution in [0.15, 0.2) is 42.7 Å². The molecule has 0 atom stereocenters. The highest BCUT2D eigenvalue weighted by Gasteiger charge is 1.96. The summed E-state index contributed by atoms with van der Waals surface area (Å²) in [5, 5.41) is 4.15. The van der Waals surface area contributed by atoms with Crippen LogP contribution in [0.25, 0.3) is 5.69 Å². The van der Waals surface area contributed by atoms with Crippen LogP contribution >= 0.6 is 0 Å². The Balaban J connectivity index is 2.11. The number of hydrogen-bond acceptors (Lipinski definition) is 3. The molecule has 78 valence electrons. The minimum absolute atomic E-state index is 0.704. The fraction of sp³-hybridized carbons (Fsp3) is 0.182. The first kappa shape index (κ1) is 9.89. The summed E-state index contributed by atoms with van der Waals surface area (Å²) in [4.78, 5) is 4.78. The molecular weight excluding hydrogens is 190 g/mol. The molecule has 15 heavy (non-hydrogen) atoms. The van der Waals surface area contributed by atoms with Crippen molar-refractivity contribution in [3.63, 3.8) is 0 Å². The molecule has 0 fully saturated rings. The van der Waals surface area contributed by atoms with Gasteiger partial charge in [-0.2, -0.15) is 10.6 Å². The predicted octanol–water partition coefficient (Wildman–Crippen LogP) is 1.52. The van der Waals surface area contributed by atoms with Gasteiger partial charge in [-0.3, -0.25) is 0 Å². The van der Waals surface area contributed by atoms with Gasteiger partial charge in [0.25, 0.3) is 0 Å². The van der Waals surface area contributed by atoms with Crippen molar-refractivity contribution < 1.29 is 4.84 Å². The number of nitrogens with zero attached hydrogens (tertiary/aromatic N) is 2. The van der Waals surface area contributed by atoms with Gasteiger partial charge >= 0.3 is 0 Å². The van der Waals surface area contributed by atoms with E-state index in [9.17, 15) is 0 Å². The first-order valence-corrected chi connectivity index (χ1v) is 4.75. The summed E-state index contributed by atoms with van der Waals surface area (Å²) in [6.07, 6.45) is 3.68. The van der Waals surface area contributed by atoms with Crippen molar-refractivity contribution in [1.29, 1.82) is 0 Å². The van der Waals surface area contributed by atoms with Gasteiger partial charge < -0.3 is 4.84 Å². The first-order chi connectivity index (χ1) is 7.40. The molecule has 0 radical (unpaired) electrons. The summed E-state index contributed by atoms with van der Waals surface area (Å²) in [5.74, 6) is 0. The molecule has 1 aromatic carbocycles. The number of rotatable bonds is 4. The van der Waals surface area contributed by atoms with Crippen LogP contribution < -0.4 is 5.48 Å². The van der Waals surface area contributed by atoms with Gasteiger partial charge in [0.15, 0.2) is 0 Å². The Morgan fingerprint density at radius 1 is 1.33 bits per heavy atom. The van der Waals surface area contributed by atoms with Crippen LogP contribution in [0.5, 0.6) is 0 Å². The molecule has 0 aliphatic heterocycles. The summed E-state index contributed by atoms with van der Waals surface area (Å²) in [5.41, 5.74) is 5.03. The highest BCUT2D eigenvalue weighted by Crippen LogP contribution is 2.08. The lowest BCUT2D eigenvalue weighted by atomic mass is 10.2. The van der Waals surface area contributed by atoms with E-state index in [2.05, 4.69) is 10.6 Å². The molecule has 0 aliphatic carbocycles. The Hall–Kier alpha value is -1.65. The molecule has 4 heteroatoms. The van der Waals surface area contributed by atoms with Gasteiger partial charge in [0.05, 0.1) is 12.8 Å². The zero-order valence-electron chi connectivity index (χ0n) is 8.55. The van der Waals surface area contributed by atoms with Crippen LogP contribution in [0.2, 0.25) is 0 Å². The SMILES string of the molecule is CONCc1ccc(-n2cccn2)cc1. The molecule has 2 rings (SSSR count). The molecular formula is C11H13N3O. The molecule has 1 aromatic heterocycles. The minimum atomic E-state index is 0.704. The van der Waals surface area contributed by atoms with Gasteiger partial charge in [0, 0.05) is 18.9 Å². The van der Waals surface area contributed by atoms with Gasteiger partial charge in [-0.1, -0.05) is 12.1 Å². The van der Waals surface area contributed by atoms with Gasteiger partial charge in [-0.15, -0.1) is 0 Å². The van der Waals surface area contributed by atoms with Gasteiger partial charge in [0.1, 0.15) is 0 Å². The predicted molar refractivity (Wildman–Crippen MR) is 57.4 cm³/mol. The highest BCUT2D eigenvalue weighted by atomic mass is 16.6. The van der Waals surface area contributed by atoms with Crippen LogP contribution in [0.1, 0.15) is 5.56 Å². The highest BCUT2D eigenvalue weighted by molar-refractivity contribution is 5.33. The maximum Gasteiger partial charge on any atom is 0.0645 e. The lowest BCUT2D eigenvalue weighted by Gasteiger charge is -2.04. The van der Waals surface area contributed by atoms with Crippen LogP contribution in [0.4, 0.5) is 0 Å².